The van der Waals surface area contributed by atoms with Crippen LogP contribution in [0.15, 0.2) is 40.9 Å². The summed E-state index contributed by atoms with van der Waals surface area (Å²) >= 11 is 3.47. The fourth-order valence-electron chi connectivity index (χ4n) is 3.72. The van der Waals surface area contributed by atoms with Crippen LogP contribution in [0, 0.1) is 11.6 Å². The molecular formula is C20H17BrF2N2O2. The van der Waals surface area contributed by atoms with E-state index in [2.05, 4.69) is 20.9 Å². The molecule has 1 amide bonds. The smallest absolute Gasteiger partial charge is 0.410 e. The number of amides is 1. The summed E-state index contributed by atoms with van der Waals surface area (Å²) in [7, 11) is 0. The predicted molar refractivity (Wildman–Crippen MR) is 102 cm³/mol. The van der Waals surface area contributed by atoms with Crippen LogP contribution in [0.1, 0.15) is 29.8 Å². The van der Waals surface area contributed by atoms with Gasteiger partial charge in [-0.25, -0.2) is 13.6 Å². The molecule has 1 unspecified atom stereocenters. The third kappa shape index (κ3) is 3.00. The molecule has 1 atom stereocenters. The van der Waals surface area contributed by atoms with Crippen LogP contribution in [0.25, 0.3) is 10.9 Å². The topological polar surface area (TPSA) is 45.3 Å². The number of halogens is 3. The van der Waals surface area contributed by atoms with E-state index < -0.39 is 23.8 Å². The molecule has 0 saturated heterocycles. The largest absolute Gasteiger partial charge is 0.450 e. The summed E-state index contributed by atoms with van der Waals surface area (Å²) in [5.74, 6) is -1.90. The number of hydrogen-bond acceptors (Lipinski definition) is 2. The van der Waals surface area contributed by atoms with Crippen LogP contribution in [0.5, 0.6) is 0 Å². The number of benzene rings is 2. The molecule has 0 bridgehead atoms. The highest BCUT2D eigenvalue weighted by Gasteiger charge is 2.37. The Balaban J connectivity index is 1.93. The van der Waals surface area contributed by atoms with Gasteiger partial charge in [-0.05, 0) is 43.2 Å². The molecule has 1 aliphatic rings. The lowest BCUT2D eigenvalue weighted by Crippen LogP contribution is -2.41. The molecule has 4 rings (SSSR count). The van der Waals surface area contributed by atoms with Gasteiger partial charge < -0.3 is 9.72 Å². The third-order valence-corrected chi connectivity index (χ3v) is 5.36. The Labute approximate surface area is 163 Å². The lowest BCUT2D eigenvalue weighted by atomic mass is 9.92. The number of aromatic amines is 1. The van der Waals surface area contributed by atoms with Crippen LogP contribution in [0.2, 0.25) is 0 Å². The van der Waals surface area contributed by atoms with Crippen molar-refractivity contribution >= 4 is 32.9 Å². The number of H-pyrrole nitrogens is 1. The highest BCUT2D eigenvalue weighted by atomic mass is 79.9. The van der Waals surface area contributed by atoms with Gasteiger partial charge in [0.25, 0.3) is 0 Å². The molecule has 0 aliphatic carbocycles. The molecular weight excluding hydrogens is 418 g/mol. The third-order valence-electron chi connectivity index (χ3n) is 4.87. The molecule has 3 aromatic rings. The first-order chi connectivity index (χ1) is 13.0. The van der Waals surface area contributed by atoms with Crippen LogP contribution in [-0.4, -0.2) is 29.1 Å². The van der Waals surface area contributed by atoms with E-state index in [-0.39, 0.29) is 12.2 Å². The maximum absolute atomic E-state index is 14.6. The van der Waals surface area contributed by atoms with Gasteiger partial charge in [0.15, 0.2) is 11.6 Å². The molecule has 1 aromatic heterocycles. The van der Waals surface area contributed by atoms with Gasteiger partial charge in [-0.2, -0.15) is 0 Å². The number of rotatable bonds is 2. The number of fused-ring (bicyclic) bond motifs is 3. The van der Waals surface area contributed by atoms with E-state index in [0.717, 1.165) is 27.0 Å². The summed E-state index contributed by atoms with van der Waals surface area (Å²) in [4.78, 5) is 17.3. The predicted octanol–water partition coefficient (Wildman–Crippen LogP) is 5.31. The molecule has 1 N–H and O–H groups in total. The van der Waals surface area contributed by atoms with Crippen molar-refractivity contribution in [3.8, 4) is 0 Å². The number of hydrogen-bond donors (Lipinski definition) is 1. The number of carbonyl (C=O) groups excluding carboxylic acids is 1. The Morgan fingerprint density at radius 1 is 1.33 bits per heavy atom. The molecule has 0 spiro atoms. The Morgan fingerprint density at radius 2 is 2.15 bits per heavy atom. The zero-order valence-corrected chi connectivity index (χ0v) is 16.1. The van der Waals surface area contributed by atoms with Gasteiger partial charge in [0.2, 0.25) is 0 Å². The van der Waals surface area contributed by atoms with Gasteiger partial charge in [0.1, 0.15) is 6.04 Å². The van der Waals surface area contributed by atoms with Crippen molar-refractivity contribution in [3.63, 3.8) is 0 Å². The molecule has 0 radical (unpaired) electrons. The van der Waals surface area contributed by atoms with Crippen LogP contribution >= 0.6 is 15.9 Å². The molecule has 0 saturated carbocycles. The molecule has 1 aliphatic heterocycles. The first kappa shape index (κ1) is 18.0. The quantitative estimate of drug-likeness (QED) is 0.593. The molecule has 2 heterocycles. The summed E-state index contributed by atoms with van der Waals surface area (Å²) in [5.41, 5.74) is 2.68. The van der Waals surface area contributed by atoms with Crippen molar-refractivity contribution in [2.24, 2.45) is 0 Å². The highest BCUT2D eigenvalue weighted by Crippen LogP contribution is 2.40. The Bertz CT molecular complexity index is 1030. The minimum absolute atomic E-state index is 0.106. The van der Waals surface area contributed by atoms with Crippen LogP contribution in [-0.2, 0) is 11.2 Å². The van der Waals surface area contributed by atoms with Crippen molar-refractivity contribution < 1.29 is 18.3 Å². The summed E-state index contributed by atoms with van der Waals surface area (Å²) in [6.45, 7) is 2.28. The maximum Gasteiger partial charge on any atom is 0.410 e. The SMILES string of the molecule is CCOC(=O)N1CCc2c([nH]c3ccc(Br)cc23)C1c1cccc(F)c1F. The second kappa shape index (κ2) is 6.96. The monoisotopic (exact) mass is 434 g/mol. The standard InChI is InChI=1S/C20H17BrF2N2O2/c1-2-27-20(26)25-9-8-12-14-10-11(21)6-7-16(14)24-18(12)19(25)13-4-3-5-15(22)17(13)23/h3-7,10,19,24H,2,8-9H2,1H3. The normalized spacial score (nSPS) is 16.4. The Kier molecular flexibility index (Phi) is 4.63. The first-order valence-electron chi connectivity index (χ1n) is 8.68. The average Bonchev–Trinajstić information content (AvgIpc) is 3.01. The summed E-state index contributed by atoms with van der Waals surface area (Å²) in [5, 5.41) is 1.00. The van der Waals surface area contributed by atoms with Crippen molar-refractivity contribution in [1.29, 1.82) is 0 Å². The number of nitrogens with zero attached hydrogens (tertiary/aromatic N) is 1. The van der Waals surface area contributed by atoms with Gasteiger partial charge in [-0.3, -0.25) is 4.90 Å². The van der Waals surface area contributed by atoms with Gasteiger partial charge in [-0.1, -0.05) is 28.1 Å². The zero-order chi connectivity index (χ0) is 19.1. The minimum atomic E-state index is -0.954. The van der Waals surface area contributed by atoms with Gasteiger partial charge in [-0.15, -0.1) is 0 Å². The van der Waals surface area contributed by atoms with Crippen molar-refractivity contribution in [3.05, 3.63) is 69.3 Å². The molecule has 0 fully saturated rings. The molecule has 140 valence electrons. The fraction of sp³-hybridized carbons (Fsp3) is 0.250. The lowest BCUT2D eigenvalue weighted by Gasteiger charge is -2.35. The number of nitrogens with one attached hydrogen (secondary N) is 1. The average molecular weight is 435 g/mol. The van der Waals surface area contributed by atoms with Crippen molar-refractivity contribution in [1.82, 2.24) is 9.88 Å². The molecule has 7 heteroatoms. The first-order valence-corrected chi connectivity index (χ1v) is 9.47. The van der Waals surface area contributed by atoms with E-state index >= 15 is 0 Å². The van der Waals surface area contributed by atoms with E-state index in [1.807, 2.05) is 18.2 Å². The van der Waals surface area contributed by atoms with E-state index in [4.69, 9.17) is 4.74 Å². The van der Waals surface area contributed by atoms with Crippen molar-refractivity contribution in [2.45, 2.75) is 19.4 Å². The summed E-state index contributed by atoms with van der Waals surface area (Å²) < 4.78 is 34.7. The highest BCUT2D eigenvalue weighted by molar-refractivity contribution is 9.10. The molecule has 4 nitrogen and oxygen atoms in total. The van der Waals surface area contributed by atoms with E-state index in [1.54, 1.807) is 6.92 Å². The van der Waals surface area contributed by atoms with Gasteiger partial charge in [0, 0.05) is 33.2 Å². The van der Waals surface area contributed by atoms with Crippen LogP contribution in [0.4, 0.5) is 13.6 Å². The van der Waals surface area contributed by atoms with Gasteiger partial charge >= 0.3 is 6.09 Å². The van der Waals surface area contributed by atoms with Gasteiger partial charge in [0.05, 0.1) is 6.61 Å². The maximum atomic E-state index is 14.6. The number of ether oxygens (including phenoxy) is 1. The van der Waals surface area contributed by atoms with E-state index in [1.165, 1.54) is 17.0 Å². The number of aromatic nitrogens is 1. The number of carbonyl (C=O) groups is 1. The molecule has 2 aromatic carbocycles. The summed E-state index contributed by atoms with van der Waals surface area (Å²) in [6, 6.07) is 9.06. The minimum Gasteiger partial charge on any atom is -0.450 e. The van der Waals surface area contributed by atoms with E-state index in [9.17, 15) is 13.6 Å². The lowest BCUT2D eigenvalue weighted by molar-refractivity contribution is 0.0924. The van der Waals surface area contributed by atoms with Crippen molar-refractivity contribution in [2.75, 3.05) is 13.2 Å². The zero-order valence-electron chi connectivity index (χ0n) is 14.6. The second-order valence-corrected chi connectivity index (χ2v) is 7.31. The fourth-order valence-corrected chi connectivity index (χ4v) is 4.08. The second-order valence-electron chi connectivity index (χ2n) is 6.40. The summed E-state index contributed by atoms with van der Waals surface area (Å²) in [6.07, 6.45) is 0.0505. The van der Waals surface area contributed by atoms with E-state index in [0.29, 0.717) is 18.7 Å². The van der Waals surface area contributed by atoms with Crippen LogP contribution < -0.4 is 0 Å². The Morgan fingerprint density at radius 3 is 2.93 bits per heavy atom. The molecule has 27 heavy (non-hydrogen) atoms. The van der Waals surface area contributed by atoms with Crippen LogP contribution in [0.3, 0.4) is 0 Å². The Hall–Kier alpha value is -2.41.